The third-order valence-electron chi connectivity index (χ3n) is 6.78. The first kappa shape index (κ1) is 15.8. The summed E-state index contributed by atoms with van der Waals surface area (Å²) in [4.78, 5) is 0. The number of rotatable bonds is 3. The number of hydrogen-bond donors (Lipinski definition) is 1. The molecule has 0 bridgehead atoms. The van der Waals surface area contributed by atoms with Crippen molar-refractivity contribution in [2.45, 2.75) is 109 Å². The summed E-state index contributed by atoms with van der Waals surface area (Å²) in [5, 5.41) is 4.17. The molecule has 0 aromatic heterocycles. The van der Waals surface area contributed by atoms with Gasteiger partial charge in [-0.3, -0.25) is 0 Å². The molecule has 4 atom stereocenters. The Morgan fingerprint density at radius 1 is 0.619 bits per heavy atom. The molecule has 0 amide bonds. The van der Waals surface area contributed by atoms with Gasteiger partial charge in [0.05, 0.1) is 0 Å². The third kappa shape index (κ3) is 4.47. The fraction of sp³-hybridized carbons (Fsp3) is 1.00. The van der Waals surface area contributed by atoms with Crippen molar-refractivity contribution in [1.82, 2.24) is 5.32 Å². The quantitative estimate of drug-likeness (QED) is 0.659. The van der Waals surface area contributed by atoms with Crippen molar-refractivity contribution >= 4 is 0 Å². The zero-order valence-electron chi connectivity index (χ0n) is 14.3. The summed E-state index contributed by atoms with van der Waals surface area (Å²) < 4.78 is 0. The Balaban J connectivity index is 1.55. The predicted octanol–water partition coefficient (Wildman–Crippen LogP) is 5.68. The van der Waals surface area contributed by atoms with Crippen LogP contribution >= 0.6 is 0 Å². The largest absolute Gasteiger partial charge is 0.311 e. The van der Waals surface area contributed by atoms with Crippen molar-refractivity contribution in [3.63, 3.8) is 0 Å². The molecule has 0 heterocycles. The van der Waals surface area contributed by atoms with Crippen LogP contribution in [0.1, 0.15) is 96.8 Å². The maximum Gasteiger partial charge on any atom is 0.0101 e. The van der Waals surface area contributed by atoms with Crippen LogP contribution in [-0.2, 0) is 0 Å². The molecule has 1 nitrogen and oxygen atoms in total. The molecule has 0 aromatic carbocycles. The molecule has 0 aromatic rings. The molecule has 0 radical (unpaired) electrons. The van der Waals surface area contributed by atoms with Gasteiger partial charge < -0.3 is 5.32 Å². The van der Waals surface area contributed by atoms with Gasteiger partial charge in [-0.15, -0.1) is 0 Å². The van der Waals surface area contributed by atoms with Gasteiger partial charge in [0.15, 0.2) is 0 Å². The van der Waals surface area contributed by atoms with Crippen molar-refractivity contribution in [1.29, 1.82) is 0 Å². The van der Waals surface area contributed by atoms with E-state index < -0.39 is 0 Å². The van der Waals surface area contributed by atoms with E-state index in [-0.39, 0.29) is 0 Å². The van der Waals surface area contributed by atoms with E-state index in [2.05, 4.69) is 12.2 Å². The van der Waals surface area contributed by atoms with Crippen LogP contribution in [0.3, 0.4) is 0 Å². The van der Waals surface area contributed by atoms with Crippen molar-refractivity contribution in [3.05, 3.63) is 0 Å². The van der Waals surface area contributed by atoms with Gasteiger partial charge in [-0.05, 0) is 49.9 Å². The van der Waals surface area contributed by atoms with E-state index in [1.54, 1.807) is 0 Å². The average molecular weight is 292 g/mol. The Hall–Kier alpha value is -0.0400. The van der Waals surface area contributed by atoms with Crippen LogP contribution in [0.5, 0.6) is 0 Å². The molecule has 3 rings (SSSR count). The van der Waals surface area contributed by atoms with E-state index in [1.807, 2.05) is 0 Å². The van der Waals surface area contributed by atoms with Crippen LogP contribution in [-0.4, -0.2) is 12.1 Å². The van der Waals surface area contributed by atoms with Crippen LogP contribution in [0.4, 0.5) is 0 Å². The van der Waals surface area contributed by atoms with E-state index in [0.717, 1.165) is 29.8 Å². The highest BCUT2D eigenvalue weighted by molar-refractivity contribution is 4.89. The summed E-state index contributed by atoms with van der Waals surface area (Å²) in [7, 11) is 0. The molecule has 0 saturated heterocycles. The summed E-state index contributed by atoms with van der Waals surface area (Å²) in [5.74, 6) is 3.04. The van der Waals surface area contributed by atoms with Gasteiger partial charge in [0.2, 0.25) is 0 Å². The van der Waals surface area contributed by atoms with Gasteiger partial charge in [0.1, 0.15) is 0 Å². The summed E-state index contributed by atoms with van der Waals surface area (Å²) >= 11 is 0. The zero-order valence-corrected chi connectivity index (χ0v) is 14.3. The average Bonchev–Trinajstić information content (AvgIpc) is 2.73. The maximum atomic E-state index is 4.17. The van der Waals surface area contributed by atoms with Crippen molar-refractivity contribution < 1.29 is 0 Å². The van der Waals surface area contributed by atoms with Gasteiger partial charge in [0.25, 0.3) is 0 Å². The van der Waals surface area contributed by atoms with Crippen LogP contribution in [0.15, 0.2) is 0 Å². The predicted molar refractivity (Wildman–Crippen MR) is 91.5 cm³/mol. The molecule has 3 aliphatic rings. The van der Waals surface area contributed by atoms with Crippen LogP contribution in [0.2, 0.25) is 0 Å². The van der Waals surface area contributed by atoms with E-state index in [9.17, 15) is 0 Å². The second-order valence-electron chi connectivity index (χ2n) is 8.43. The standard InChI is InChI=1S/C20H37N/c1-16-8-7-11-18(15-14-16)21-20-13-6-5-12-19(20)17-9-3-2-4-10-17/h16-21H,2-15H2,1H3. The SMILES string of the molecule is CC1CCCC(NC2CCCCC2C2CCCCC2)CC1. The van der Waals surface area contributed by atoms with Gasteiger partial charge >= 0.3 is 0 Å². The summed E-state index contributed by atoms with van der Waals surface area (Å²) in [6, 6.07) is 1.70. The monoisotopic (exact) mass is 291 g/mol. The van der Waals surface area contributed by atoms with Gasteiger partial charge in [0, 0.05) is 12.1 Å². The summed E-state index contributed by atoms with van der Waals surface area (Å²) in [6.45, 7) is 2.45. The molecule has 1 N–H and O–H groups in total. The molecule has 21 heavy (non-hydrogen) atoms. The lowest BCUT2D eigenvalue weighted by Gasteiger charge is -2.41. The van der Waals surface area contributed by atoms with Crippen LogP contribution in [0, 0.1) is 17.8 Å². The fourth-order valence-corrected chi connectivity index (χ4v) is 5.45. The Morgan fingerprint density at radius 3 is 2.24 bits per heavy atom. The van der Waals surface area contributed by atoms with E-state index >= 15 is 0 Å². The first-order valence-corrected chi connectivity index (χ1v) is 10.1. The Labute approximate surface area is 132 Å². The molecular weight excluding hydrogens is 254 g/mol. The van der Waals surface area contributed by atoms with E-state index in [0.29, 0.717) is 0 Å². The van der Waals surface area contributed by atoms with Crippen molar-refractivity contribution in [2.24, 2.45) is 17.8 Å². The second kappa shape index (κ2) is 7.99. The van der Waals surface area contributed by atoms with Gasteiger partial charge in [-0.25, -0.2) is 0 Å². The molecule has 0 aliphatic heterocycles. The highest BCUT2D eigenvalue weighted by Gasteiger charge is 2.33. The normalized spacial score (nSPS) is 39.9. The minimum Gasteiger partial charge on any atom is -0.311 e. The summed E-state index contributed by atoms with van der Waals surface area (Å²) in [5.41, 5.74) is 0. The molecule has 1 heteroatoms. The van der Waals surface area contributed by atoms with E-state index in [4.69, 9.17) is 0 Å². The number of nitrogens with one attached hydrogen (secondary N) is 1. The minimum absolute atomic E-state index is 0.837. The lowest BCUT2D eigenvalue weighted by molar-refractivity contribution is 0.139. The van der Waals surface area contributed by atoms with Crippen molar-refractivity contribution in [2.75, 3.05) is 0 Å². The minimum atomic E-state index is 0.837. The highest BCUT2D eigenvalue weighted by Crippen LogP contribution is 2.39. The lowest BCUT2D eigenvalue weighted by Crippen LogP contribution is -2.46. The molecule has 4 unspecified atom stereocenters. The summed E-state index contributed by atoms with van der Waals surface area (Å²) in [6.07, 6.45) is 20.8. The lowest BCUT2D eigenvalue weighted by atomic mass is 9.70. The molecule has 3 aliphatic carbocycles. The number of hydrogen-bond acceptors (Lipinski definition) is 1. The van der Waals surface area contributed by atoms with Crippen LogP contribution in [0.25, 0.3) is 0 Å². The molecule has 3 saturated carbocycles. The Morgan fingerprint density at radius 2 is 1.38 bits per heavy atom. The van der Waals surface area contributed by atoms with Gasteiger partial charge in [-0.2, -0.15) is 0 Å². The molecular formula is C20H37N. The van der Waals surface area contributed by atoms with E-state index in [1.165, 1.54) is 89.9 Å². The highest BCUT2D eigenvalue weighted by atomic mass is 15.0. The first-order valence-electron chi connectivity index (χ1n) is 10.1. The van der Waals surface area contributed by atoms with Crippen molar-refractivity contribution in [3.8, 4) is 0 Å². The smallest absolute Gasteiger partial charge is 0.0101 e. The second-order valence-corrected chi connectivity index (χ2v) is 8.43. The maximum absolute atomic E-state index is 4.17. The van der Waals surface area contributed by atoms with Crippen LogP contribution < -0.4 is 5.32 Å². The Bertz CT molecular complexity index is 294. The zero-order chi connectivity index (χ0) is 14.5. The first-order chi connectivity index (χ1) is 10.3. The topological polar surface area (TPSA) is 12.0 Å². The Kier molecular flexibility index (Phi) is 6.03. The third-order valence-corrected chi connectivity index (χ3v) is 6.78. The molecule has 3 fully saturated rings. The molecule has 0 spiro atoms. The molecule has 122 valence electrons. The fourth-order valence-electron chi connectivity index (χ4n) is 5.45. The van der Waals surface area contributed by atoms with Gasteiger partial charge in [-0.1, -0.05) is 64.7 Å².